The van der Waals surface area contributed by atoms with Crippen LogP contribution in [0.1, 0.15) is 31.2 Å². The minimum absolute atomic E-state index is 0.0716. The monoisotopic (exact) mass is 278 g/mol. The second kappa shape index (κ2) is 5.90. The highest BCUT2D eigenvalue weighted by Crippen LogP contribution is 2.33. The first-order chi connectivity index (χ1) is 9.50. The van der Waals surface area contributed by atoms with Crippen LogP contribution in [0.4, 0.5) is 11.4 Å². The van der Waals surface area contributed by atoms with Crippen molar-refractivity contribution in [3.63, 3.8) is 0 Å². The third-order valence-corrected chi connectivity index (χ3v) is 3.82. The molecule has 1 N–H and O–H groups in total. The number of nitrogens with zero attached hydrogens (tertiary/aromatic N) is 2. The lowest BCUT2D eigenvalue weighted by molar-refractivity contribution is -0.385. The lowest BCUT2D eigenvalue weighted by atomic mass is 9.97. The molecule has 1 aliphatic heterocycles. The number of hydrogen-bond donors (Lipinski definition) is 1. The van der Waals surface area contributed by atoms with E-state index in [0.717, 1.165) is 31.5 Å². The molecule has 1 fully saturated rings. The summed E-state index contributed by atoms with van der Waals surface area (Å²) in [5, 5.41) is 20.0. The number of carbonyl (C=O) groups is 1. The molecule has 1 aromatic rings. The highest BCUT2D eigenvalue weighted by Gasteiger charge is 2.27. The van der Waals surface area contributed by atoms with Crippen molar-refractivity contribution < 1.29 is 14.8 Å². The standard InChI is InChI=1S/C14H18N2O4/c1-10-12(6-4-7-13(10)16(19)20)15-8-3-2-5-11(15)9-14(17)18/h4,6-7,11H,2-3,5,8-9H2,1H3,(H,17,18). The van der Waals surface area contributed by atoms with Crippen molar-refractivity contribution in [1.29, 1.82) is 0 Å². The van der Waals surface area contributed by atoms with Gasteiger partial charge in [0.25, 0.3) is 5.69 Å². The molecule has 2 rings (SSSR count). The number of nitro groups is 1. The number of carboxylic acid groups (broad SMARTS) is 1. The van der Waals surface area contributed by atoms with Gasteiger partial charge < -0.3 is 10.0 Å². The van der Waals surface area contributed by atoms with E-state index >= 15 is 0 Å². The van der Waals surface area contributed by atoms with Crippen molar-refractivity contribution in [2.45, 2.75) is 38.6 Å². The molecule has 1 unspecified atom stereocenters. The van der Waals surface area contributed by atoms with Crippen LogP contribution in [-0.2, 0) is 4.79 Å². The van der Waals surface area contributed by atoms with Crippen LogP contribution in [0.2, 0.25) is 0 Å². The van der Waals surface area contributed by atoms with Gasteiger partial charge in [0.15, 0.2) is 0 Å². The topological polar surface area (TPSA) is 83.7 Å². The summed E-state index contributed by atoms with van der Waals surface area (Å²) < 4.78 is 0. The molecule has 0 bridgehead atoms. The van der Waals surface area contributed by atoms with E-state index < -0.39 is 10.9 Å². The van der Waals surface area contributed by atoms with Gasteiger partial charge in [0.2, 0.25) is 0 Å². The van der Waals surface area contributed by atoms with Gasteiger partial charge in [-0.15, -0.1) is 0 Å². The smallest absolute Gasteiger partial charge is 0.305 e. The molecule has 0 saturated carbocycles. The van der Waals surface area contributed by atoms with E-state index in [1.807, 2.05) is 11.0 Å². The van der Waals surface area contributed by atoms with E-state index in [9.17, 15) is 14.9 Å². The Morgan fingerprint density at radius 2 is 2.25 bits per heavy atom. The van der Waals surface area contributed by atoms with Crippen LogP contribution in [0.5, 0.6) is 0 Å². The van der Waals surface area contributed by atoms with Gasteiger partial charge in [-0.05, 0) is 32.3 Å². The summed E-state index contributed by atoms with van der Waals surface area (Å²) in [4.78, 5) is 23.6. The molecule has 1 saturated heterocycles. The maximum absolute atomic E-state index is 11.0. The summed E-state index contributed by atoms with van der Waals surface area (Å²) in [5.41, 5.74) is 1.47. The van der Waals surface area contributed by atoms with Gasteiger partial charge in [0, 0.05) is 24.3 Å². The van der Waals surface area contributed by atoms with Crippen molar-refractivity contribution in [3.8, 4) is 0 Å². The summed E-state index contributed by atoms with van der Waals surface area (Å²) in [5.74, 6) is -0.829. The lowest BCUT2D eigenvalue weighted by Gasteiger charge is -2.37. The summed E-state index contributed by atoms with van der Waals surface area (Å²) in [6, 6.07) is 4.90. The molecular formula is C14H18N2O4. The number of rotatable bonds is 4. The van der Waals surface area contributed by atoms with Crippen LogP contribution < -0.4 is 4.90 Å². The van der Waals surface area contributed by atoms with Crippen LogP contribution in [0.3, 0.4) is 0 Å². The van der Waals surface area contributed by atoms with E-state index in [4.69, 9.17) is 5.11 Å². The highest BCUT2D eigenvalue weighted by molar-refractivity contribution is 5.69. The Kier molecular flexibility index (Phi) is 4.22. The van der Waals surface area contributed by atoms with Gasteiger partial charge in [-0.2, -0.15) is 0 Å². The van der Waals surface area contributed by atoms with Gasteiger partial charge in [-0.25, -0.2) is 0 Å². The van der Waals surface area contributed by atoms with Crippen LogP contribution in [-0.4, -0.2) is 28.6 Å². The number of benzene rings is 1. The number of hydrogen-bond acceptors (Lipinski definition) is 4. The molecule has 0 aliphatic carbocycles. The normalized spacial score (nSPS) is 18.9. The maximum Gasteiger partial charge on any atom is 0.305 e. The van der Waals surface area contributed by atoms with Gasteiger partial charge >= 0.3 is 5.97 Å². The van der Waals surface area contributed by atoms with Crippen molar-refractivity contribution in [2.24, 2.45) is 0 Å². The molecule has 0 spiro atoms. The van der Waals surface area contributed by atoms with Crippen LogP contribution in [0.25, 0.3) is 0 Å². The third kappa shape index (κ3) is 2.89. The summed E-state index contributed by atoms with van der Waals surface area (Å²) in [7, 11) is 0. The molecule has 0 radical (unpaired) electrons. The van der Waals surface area contributed by atoms with E-state index in [0.29, 0.717) is 5.56 Å². The first-order valence-corrected chi connectivity index (χ1v) is 6.73. The lowest BCUT2D eigenvalue weighted by Crippen LogP contribution is -2.41. The quantitative estimate of drug-likeness (QED) is 0.676. The molecule has 0 amide bonds. The second-order valence-corrected chi connectivity index (χ2v) is 5.12. The Balaban J connectivity index is 2.35. The molecule has 6 heteroatoms. The molecule has 6 nitrogen and oxygen atoms in total. The molecule has 20 heavy (non-hydrogen) atoms. The Hall–Kier alpha value is -2.11. The van der Waals surface area contributed by atoms with E-state index in [1.165, 1.54) is 6.07 Å². The Morgan fingerprint density at radius 1 is 1.50 bits per heavy atom. The zero-order valence-electron chi connectivity index (χ0n) is 11.4. The van der Waals surface area contributed by atoms with Gasteiger partial charge in [-0.3, -0.25) is 14.9 Å². The first-order valence-electron chi connectivity index (χ1n) is 6.73. The van der Waals surface area contributed by atoms with E-state index in [-0.39, 0.29) is 18.2 Å². The second-order valence-electron chi connectivity index (χ2n) is 5.12. The van der Waals surface area contributed by atoms with Crippen LogP contribution in [0.15, 0.2) is 18.2 Å². The van der Waals surface area contributed by atoms with Gasteiger partial charge in [-0.1, -0.05) is 6.07 Å². The fraction of sp³-hybridized carbons (Fsp3) is 0.500. The van der Waals surface area contributed by atoms with Crippen molar-refractivity contribution in [1.82, 2.24) is 0 Å². The summed E-state index contributed by atoms with van der Waals surface area (Å²) in [6.07, 6.45) is 2.87. The summed E-state index contributed by atoms with van der Waals surface area (Å²) >= 11 is 0. The molecule has 1 heterocycles. The maximum atomic E-state index is 11.0. The number of carboxylic acids is 1. The molecular weight excluding hydrogens is 260 g/mol. The molecule has 1 atom stereocenters. The van der Waals surface area contributed by atoms with Gasteiger partial charge in [0.05, 0.1) is 16.9 Å². The fourth-order valence-corrected chi connectivity index (χ4v) is 2.85. The van der Waals surface area contributed by atoms with Crippen molar-refractivity contribution >= 4 is 17.3 Å². The molecule has 1 aromatic carbocycles. The third-order valence-electron chi connectivity index (χ3n) is 3.82. The Morgan fingerprint density at radius 3 is 2.90 bits per heavy atom. The van der Waals surface area contributed by atoms with Gasteiger partial charge in [0.1, 0.15) is 0 Å². The predicted octanol–water partition coefficient (Wildman–Crippen LogP) is 2.74. The largest absolute Gasteiger partial charge is 0.481 e. The average molecular weight is 278 g/mol. The van der Waals surface area contributed by atoms with E-state index in [1.54, 1.807) is 13.0 Å². The number of piperidine rings is 1. The first kappa shape index (κ1) is 14.3. The SMILES string of the molecule is Cc1c(N2CCCCC2CC(=O)O)cccc1[N+](=O)[O-]. The van der Waals surface area contributed by atoms with Crippen LogP contribution >= 0.6 is 0 Å². The van der Waals surface area contributed by atoms with Crippen molar-refractivity contribution in [2.75, 3.05) is 11.4 Å². The van der Waals surface area contributed by atoms with Crippen molar-refractivity contribution in [3.05, 3.63) is 33.9 Å². The number of nitro benzene ring substituents is 1. The average Bonchev–Trinajstić information content (AvgIpc) is 2.39. The highest BCUT2D eigenvalue weighted by atomic mass is 16.6. The fourth-order valence-electron chi connectivity index (χ4n) is 2.85. The Labute approximate surface area is 117 Å². The number of anilines is 1. The molecule has 0 aromatic heterocycles. The Bertz CT molecular complexity index is 530. The summed E-state index contributed by atoms with van der Waals surface area (Å²) in [6.45, 7) is 2.47. The number of aliphatic carboxylic acids is 1. The molecule has 108 valence electrons. The zero-order chi connectivity index (χ0) is 14.7. The zero-order valence-corrected chi connectivity index (χ0v) is 11.4. The van der Waals surface area contributed by atoms with E-state index in [2.05, 4.69) is 0 Å². The minimum atomic E-state index is -0.829. The van der Waals surface area contributed by atoms with Crippen LogP contribution in [0, 0.1) is 17.0 Å². The predicted molar refractivity (Wildman–Crippen MR) is 75.1 cm³/mol. The molecule has 1 aliphatic rings. The minimum Gasteiger partial charge on any atom is -0.481 e.